The summed E-state index contributed by atoms with van der Waals surface area (Å²) < 4.78 is 0. The summed E-state index contributed by atoms with van der Waals surface area (Å²) in [5, 5.41) is 15.5. The van der Waals surface area contributed by atoms with Gasteiger partial charge in [0.2, 0.25) is 17.7 Å². The first-order chi connectivity index (χ1) is 11.0. The molecular weight excluding hydrogens is 300 g/mol. The van der Waals surface area contributed by atoms with E-state index in [9.17, 15) is 19.6 Å². The van der Waals surface area contributed by atoms with E-state index in [1.165, 1.54) is 6.92 Å². The fourth-order valence-corrected chi connectivity index (χ4v) is 1.90. The number of nitrogens with zero attached hydrogens (tertiary/aromatic N) is 1. The van der Waals surface area contributed by atoms with Crippen LogP contribution in [0.1, 0.15) is 51.9 Å². The van der Waals surface area contributed by atoms with Crippen molar-refractivity contribution in [2.45, 2.75) is 51.9 Å². The fraction of sp³-hybridized carbons (Fsp3) is 0.800. The molecule has 0 rings (SSSR count). The van der Waals surface area contributed by atoms with Crippen LogP contribution < -0.4 is 16.4 Å². The maximum atomic E-state index is 11.6. The highest BCUT2D eigenvalue weighted by molar-refractivity contribution is 5.83. The van der Waals surface area contributed by atoms with Crippen molar-refractivity contribution in [3.63, 3.8) is 0 Å². The van der Waals surface area contributed by atoms with Crippen LogP contribution in [0.3, 0.4) is 0 Å². The maximum absolute atomic E-state index is 11.6. The zero-order chi connectivity index (χ0) is 17.5. The number of carbonyl (C=O) groups is 3. The molecule has 0 bridgehead atoms. The largest absolute Gasteiger partial charge is 0.356 e. The predicted octanol–water partition coefficient (Wildman–Crippen LogP) is 0.146. The number of carbonyl (C=O) groups excluding carboxylic acids is 3. The van der Waals surface area contributed by atoms with Crippen LogP contribution in [0.25, 0.3) is 0 Å². The molecule has 0 aromatic carbocycles. The zero-order valence-electron chi connectivity index (χ0n) is 14.0. The first-order valence-electron chi connectivity index (χ1n) is 8.17. The molecule has 0 aromatic heterocycles. The van der Waals surface area contributed by atoms with Crippen LogP contribution in [0, 0.1) is 0 Å². The quantitative estimate of drug-likeness (QED) is 0.217. The standard InChI is InChI=1S/C15H30N4O4/c1-13(20)17-10-6-11-18-14(21)7-8-15(22)19(23)12-5-3-2-4-9-16/h23H,2-12,16H2,1H3,(H,17,20)(H,18,21). The van der Waals surface area contributed by atoms with Gasteiger partial charge in [0.15, 0.2) is 0 Å². The number of rotatable bonds is 13. The lowest BCUT2D eigenvalue weighted by atomic mass is 10.2. The molecular formula is C15H30N4O4. The van der Waals surface area contributed by atoms with Gasteiger partial charge in [0, 0.05) is 39.4 Å². The summed E-state index contributed by atoms with van der Waals surface area (Å²) in [5.74, 6) is -0.789. The highest BCUT2D eigenvalue weighted by Crippen LogP contribution is 2.02. The monoisotopic (exact) mass is 330 g/mol. The molecule has 0 atom stereocenters. The van der Waals surface area contributed by atoms with E-state index in [4.69, 9.17) is 5.73 Å². The van der Waals surface area contributed by atoms with Crippen molar-refractivity contribution >= 4 is 17.7 Å². The average Bonchev–Trinajstić information content (AvgIpc) is 2.51. The van der Waals surface area contributed by atoms with Crippen molar-refractivity contribution in [2.24, 2.45) is 5.73 Å². The number of hydroxylamine groups is 2. The molecule has 8 nitrogen and oxygen atoms in total. The van der Waals surface area contributed by atoms with Crippen LogP contribution >= 0.6 is 0 Å². The van der Waals surface area contributed by atoms with Crippen LogP contribution in [0.5, 0.6) is 0 Å². The first-order valence-corrected chi connectivity index (χ1v) is 8.17. The summed E-state index contributed by atoms with van der Waals surface area (Å²) in [5.41, 5.74) is 5.38. The minimum atomic E-state index is -0.447. The van der Waals surface area contributed by atoms with Gasteiger partial charge in [0.05, 0.1) is 0 Å². The van der Waals surface area contributed by atoms with Crippen molar-refractivity contribution in [1.82, 2.24) is 15.7 Å². The summed E-state index contributed by atoms with van der Waals surface area (Å²) in [7, 11) is 0. The second-order valence-corrected chi connectivity index (χ2v) is 5.41. The Bertz CT molecular complexity index is 363. The van der Waals surface area contributed by atoms with Gasteiger partial charge in [-0.25, -0.2) is 5.06 Å². The summed E-state index contributed by atoms with van der Waals surface area (Å²) in [4.78, 5) is 33.8. The zero-order valence-corrected chi connectivity index (χ0v) is 14.0. The van der Waals surface area contributed by atoms with Gasteiger partial charge in [0.25, 0.3) is 0 Å². The molecule has 5 N–H and O–H groups in total. The van der Waals surface area contributed by atoms with Gasteiger partial charge >= 0.3 is 0 Å². The molecule has 0 aliphatic heterocycles. The molecule has 8 heteroatoms. The number of unbranched alkanes of at least 4 members (excludes halogenated alkanes) is 3. The van der Waals surface area contributed by atoms with E-state index in [-0.39, 0.29) is 31.2 Å². The van der Waals surface area contributed by atoms with Gasteiger partial charge in [-0.1, -0.05) is 12.8 Å². The Labute approximate surface area is 137 Å². The van der Waals surface area contributed by atoms with Gasteiger partial charge in [0.1, 0.15) is 0 Å². The van der Waals surface area contributed by atoms with Crippen LogP contribution in [-0.2, 0) is 14.4 Å². The fourth-order valence-electron chi connectivity index (χ4n) is 1.90. The van der Waals surface area contributed by atoms with Crippen molar-refractivity contribution in [2.75, 3.05) is 26.2 Å². The number of nitrogens with two attached hydrogens (primary N) is 1. The number of hydrogen-bond acceptors (Lipinski definition) is 5. The second-order valence-electron chi connectivity index (χ2n) is 5.41. The lowest BCUT2D eigenvalue weighted by Gasteiger charge is -2.14. The summed E-state index contributed by atoms with van der Waals surface area (Å²) in [6, 6.07) is 0. The molecule has 0 spiro atoms. The van der Waals surface area contributed by atoms with Crippen LogP contribution in [0.4, 0.5) is 0 Å². The number of nitrogens with one attached hydrogen (secondary N) is 2. The van der Waals surface area contributed by atoms with E-state index in [1.54, 1.807) is 0 Å². The van der Waals surface area contributed by atoms with Gasteiger partial charge < -0.3 is 16.4 Å². The molecule has 23 heavy (non-hydrogen) atoms. The number of hydrogen-bond donors (Lipinski definition) is 4. The van der Waals surface area contributed by atoms with Crippen molar-refractivity contribution < 1.29 is 19.6 Å². The lowest BCUT2D eigenvalue weighted by Crippen LogP contribution is -2.32. The van der Waals surface area contributed by atoms with E-state index in [2.05, 4.69) is 10.6 Å². The normalized spacial score (nSPS) is 10.2. The van der Waals surface area contributed by atoms with Crippen LogP contribution in [0.2, 0.25) is 0 Å². The van der Waals surface area contributed by atoms with Crippen molar-refractivity contribution in [1.29, 1.82) is 0 Å². The third-order valence-electron chi connectivity index (χ3n) is 3.23. The summed E-state index contributed by atoms with van der Waals surface area (Å²) >= 11 is 0. The highest BCUT2D eigenvalue weighted by Gasteiger charge is 2.12. The molecule has 0 aliphatic rings. The predicted molar refractivity (Wildman–Crippen MR) is 86.6 cm³/mol. The molecule has 0 radical (unpaired) electrons. The molecule has 0 saturated carbocycles. The Morgan fingerprint density at radius 3 is 2.26 bits per heavy atom. The molecule has 0 saturated heterocycles. The minimum absolute atomic E-state index is 0.0170. The van der Waals surface area contributed by atoms with Crippen molar-refractivity contribution in [3.8, 4) is 0 Å². The Kier molecular flexibility index (Phi) is 12.9. The molecule has 0 aliphatic carbocycles. The number of amides is 3. The Hall–Kier alpha value is -1.67. The highest BCUT2D eigenvalue weighted by atomic mass is 16.5. The molecule has 134 valence electrons. The van der Waals surface area contributed by atoms with E-state index in [0.717, 1.165) is 25.7 Å². The van der Waals surface area contributed by atoms with Crippen LogP contribution in [-0.4, -0.2) is 54.2 Å². The molecule has 0 fully saturated rings. The van der Waals surface area contributed by atoms with Gasteiger partial charge in [-0.15, -0.1) is 0 Å². The Balaban J connectivity index is 3.62. The topological polar surface area (TPSA) is 125 Å². The minimum Gasteiger partial charge on any atom is -0.356 e. The SMILES string of the molecule is CC(=O)NCCCNC(=O)CCC(=O)N(O)CCCCCCN. The van der Waals surface area contributed by atoms with Crippen molar-refractivity contribution in [3.05, 3.63) is 0 Å². The first kappa shape index (κ1) is 21.3. The lowest BCUT2D eigenvalue weighted by molar-refractivity contribution is -0.166. The van der Waals surface area contributed by atoms with E-state index < -0.39 is 5.91 Å². The van der Waals surface area contributed by atoms with E-state index in [1.807, 2.05) is 0 Å². The third-order valence-corrected chi connectivity index (χ3v) is 3.23. The Morgan fingerprint density at radius 2 is 1.61 bits per heavy atom. The van der Waals surface area contributed by atoms with Gasteiger partial charge in [-0.05, 0) is 25.8 Å². The summed E-state index contributed by atoms with van der Waals surface area (Å²) in [6.07, 6.45) is 4.23. The molecule has 0 aromatic rings. The maximum Gasteiger partial charge on any atom is 0.246 e. The third kappa shape index (κ3) is 13.7. The van der Waals surface area contributed by atoms with Gasteiger partial charge in [-0.2, -0.15) is 0 Å². The summed E-state index contributed by atoms with van der Waals surface area (Å²) in [6.45, 7) is 3.31. The van der Waals surface area contributed by atoms with E-state index in [0.29, 0.717) is 31.1 Å². The molecule has 0 heterocycles. The van der Waals surface area contributed by atoms with Gasteiger partial charge in [-0.3, -0.25) is 19.6 Å². The molecule has 3 amide bonds. The van der Waals surface area contributed by atoms with Crippen LogP contribution in [0.15, 0.2) is 0 Å². The average molecular weight is 330 g/mol. The second kappa shape index (κ2) is 14.0. The van der Waals surface area contributed by atoms with E-state index >= 15 is 0 Å². The molecule has 0 unspecified atom stereocenters. The Morgan fingerprint density at radius 1 is 0.957 bits per heavy atom. The smallest absolute Gasteiger partial charge is 0.246 e.